The predicted octanol–water partition coefficient (Wildman–Crippen LogP) is 3.83. The van der Waals surface area contributed by atoms with Gasteiger partial charge in [0.15, 0.2) is 5.16 Å². The fourth-order valence-electron chi connectivity index (χ4n) is 2.34. The largest absolute Gasteiger partial charge is 0.326 e. The molecule has 0 spiro atoms. The molecule has 0 aliphatic carbocycles. The van der Waals surface area contributed by atoms with Gasteiger partial charge in [0.05, 0.1) is 0 Å². The van der Waals surface area contributed by atoms with Gasteiger partial charge in [-0.05, 0) is 56.7 Å². The van der Waals surface area contributed by atoms with Crippen LogP contribution >= 0.6 is 11.8 Å². The summed E-state index contributed by atoms with van der Waals surface area (Å²) in [5.74, 6) is -0.509. The second-order valence-corrected chi connectivity index (χ2v) is 6.14. The lowest BCUT2D eigenvalue weighted by Gasteiger charge is -2.11. The number of aromatic nitrogens is 2. The lowest BCUT2D eigenvalue weighted by molar-refractivity contribution is -0.116. The minimum atomic E-state index is -0.362. The van der Waals surface area contributed by atoms with Crippen LogP contribution in [0.4, 0.5) is 10.1 Å². The molecule has 1 N–H and O–H groups in total. The Bertz CT molecular complexity index is 711. The van der Waals surface area contributed by atoms with Crippen molar-refractivity contribution < 1.29 is 9.18 Å². The van der Waals surface area contributed by atoms with Crippen molar-refractivity contribution in [2.75, 3.05) is 11.6 Å². The molecule has 0 radical (unpaired) electrons. The first-order chi connectivity index (χ1) is 10.9. The zero-order valence-electron chi connectivity index (χ0n) is 13.7. The number of aryl methyl sites for hydroxylation is 3. The van der Waals surface area contributed by atoms with Crippen molar-refractivity contribution in [1.29, 1.82) is 0 Å². The molecule has 1 aromatic carbocycles. The number of rotatable bonds is 5. The molecule has 6 heteroatoms. The molecule has 0 saturated carbocycles. The van der Waals surface area contributed by atoms with E-state index in [-0.39, 0.29) is 11.7 Å². The van der Waals surface area contributed by atoms with E-state index in [4.69, 9.17) is 0 Å². The van der Waals surface area contributed by atoms with Crippen LogP contribution in [-0.2, 0) is 11.2 Å². The molecule has 2 aromatic rings. The van der Waals surface area contributed by atoms with Crippen LogP contribution in [0.1, 0.15) is 28.9 Å². The number of thioether (sulfide) groups is 1. The predicted molar refractivity (Wildman–Crippen MR) is 91.4 cm³/mol. The fraction of sp³-hybridized carbons (Fsp3) is 0.353. The molecular formula is C17H20FN3OS. The maximum absolute atomic E-state index is 13.3. The Hall–Kier alpha value is -1.95. The molecule has 4 nitrogen and oxygen atoms in total. The van der Waals surface area contributed by atoms with Crippen LogP contribution in [0.3, 0.4) is 0 Å². The van der Waals surface area contributed by atoms with E-state index in [1.807, 2.05) is 27.0 Å². The van der Waals surface area contributed by atoms with Gasteiger partial charge in [-0.15, -0.1) is 0 Å². The molecule has 122 valence electrons. The normalized spacial score (nSPS) is 10.7. The molecule has 0 bridgehead atoms. The molecule has 0 unspecified atom stereocenters. The summed E-state index contributed by atoms with van der Waals surface area (Å²) in [6.07, 6.45) is 2.80. The van der Waals surface area contributed by atoms with Crippen LogP contribution in [0.2, 0.25) is 0 Å². The average Bonchev–Trinajstić information content (AvgIpc) is 2.49. The quantitative estimate of drug-likeness (QED) is 0.667. The summed E-state index contributed by atoms with van der Waals surface area (Å²) < 4.78 is 13.3. The number of hydrogen-bond donors (Lipinski definition) is 1. The number of amides is 1. The smallest absolute Gasteiger partial charge is 0.224 e. The number of carbonyl (C=O) groups excluding carboxylic acids is 1. The van der Waals surface area contributed by atoms with Gasteiger partial charge >= 0.3 is 0 Å². The average molecular weight is 333 g/mol. The second-order valence-electron chi connectivity index (χ2n) is 5.37. The number of halogens is 1. The topological polar surface area (TPSA) is 54.9 Å². The van der Waals surface area contributed by atoms with Crippen molar-refractivity contribution in [1.82, 2.24) is 9.97 Å². The van der Waals surface area contributed by atoms with Gasteiger partial charge in [-0.2, -0.15) is 0 Å². The summed E-state index contributed by atoms with van der Waals surface area (Å²) in [5.41, 5.74) is 4.14. The van der Waals surface area contributed by atoms with Crippen LogP contribution in [0.25, 0.3) is 0 Å². The first-order valence-electron chi connectivity index (χ1n) is 7.35. The highest BCUT2D eigenvalue weighted by molar-refractivity contribution is 7.98. The monoisotopic (exact) mass is 333 g/mol. The van der Waals surface area contributed by atoms with Gasteiger partial charge in [-0.1, -0.05) is 17.8 Å². The maximum Gasteiger partial charge on any atom is 0.224 e. The minimum absolute atomic E-state index is 0.147. The molecule has 23 heavy (non-hydrogen) atoms. The van der Waals surface area contributed by atoms with Crippen molar-refractivity contribution in [3.63, 3.8) is 0 Å². The van der Waals surface area contributed by atoms with Gasteiger partial charge in [0.25, 0.3) is 0 Å². The van der Waals surface area contributed by atoms with E-state index in [0.717, 1.165) is 27.7 Å². The molecule has 1 heterocycles. The van der Waals surface area contributed by atoms with Crippen molar-refractivity contribution in [3.8, 4) is 0 Å². The van der Waals surface area contributed by atoms with Gasteiger partial charge < -0.3 is 5.32 Å². The minimum Gasteiger partial charge on any atom is -0.326 e. The molecule has 1 aromatic heterocycles. The summed E-state index contributed by atoms with van der Waals surface area (Å²) in [6.45, 7) is 5.69. The van der Waals surface area contributed by atoms with Crippen LogP contribution in [-0.4, -0.2) is 22.1 Å². The van der Waals surface area contributed by atoms with Gasteiger partial charge in [0.2, 0.25) is 5.91 Å². The fourth-order valence-corrected chi connectivity index (χ4v) is 2.80. The van der Waals surface area contributed by atoms with E-state index in [1.54, 1.807) is 6.07 Å². The highest BCUT2D eigenvalue weighted by Crippen LogP contribution is 2.19. The number of benzene rings is 1. The van der Waals surface area contributed by atoms with E-state index in [2.05, 4.69) is 15.3 Å². The summed E-state index contributed by atoms with van der Waals surface area (Å²) in [6, 6.07) is 4.36. The standard InChI is InChI=1S/C17H20FN3OS/c1-10-5-6-13(18)9-15(10)21-16(22)8-7-14-11(2)19-17(23-4)20-12(14)3/h5-6,9H,7-8H2,1-4H3,(H,21,22). The molecule has 2 rings (SSSR count). The number of carbonyl (C=O) groups is 1. The zero-order valence-corrected chi connectivity index (χ0v) is 14.6. The molecule has 0 aliphatic rings. The third kappa shape index (κ3) is 4.51. The molecule has 0 saturated heterocycles. The Kier molecular flexibility index (Phi) is 5.71. The van der Waals surface area contributed by atoms with Gasteiger partial charge in [0.1, 0.15) is 5.82 Å². The Morgan fingerprint density at radius 2 is 1.87 bits per heavy atom. The molecule has 0 fully saturated rings. The highest BCUT2D eigenvalue weighted by Gasteiger charge is 2.11. The van der Waals surface area contributed by atoms with Crippen molar-refractivity contribution in [3.05, 3.63) is 46.5 Å². The van der Waals surface area contributed by atoms with Crippen LogP contribution < -0.4 is 5.32 Å². The molecular weight excluding hydrogens is 313 g/mol. The summed E-state index contributed by atoms with van der Waals surface area (Å²) >= 11 is 1.50. The van der Waals surface area contributed by atoms with E-state index >= 15 is 0 Å². The SMILES string of the molecule is CSc1nc(C)c(CCC(=O)Nc2cc(F)ccc2C)c(C)n1. The number of nitrogens with one attached hydrogen (secondary N) is 1. The van der Waals surface area contributed by atoms with E-state index in [0.29, 0.717) is 18.5 Å². The van der Waals surface area contributed by atoms with Crippen molar-refractivity contribution >= 4 is 23.4 Å². The van der Waals surface area contributed by atoms with E-state index < -0.39 is 0 Å². The lowest BCUT2D eigenvalue weighted by Crippen LogP contribution is -2.14. The summed E-state index contributed by atoms with van der Waals surface area (Å²) in [4.78, 5) is 20.9. The van der Waals surface area contributed by atoms with Gasteiger partial charge in [-0.25, -0.2) is 14.4 Å². The van der Waals surface area contributed by atoms with Crippen LogP contribution in [0.15, 0.2) is 23.4 Å². The zero-order chi connectivity index (χ0) is 17.0. The maximum atomic E-state index is 13.3. The highest BCUT2D eigenvalue weighted by atomic mass is 32.2. The first kappa shape index (κ1) is 17.4. The van der Waals surface area contributed by atoms with E-state index in [1.165, 1.54) is 23.9 Å². The molecule has 1 amide bonds. The first-order valence-corrected chi connectivity index (χ1v) is 8.57. The Labute approximate surface area is 139 Å². The number of anilines is 1. The van der Waals surface area contributed by atoms with Gasteiger partial charge in [-0.3, -0.25) is 4.79 Å². The lowest BCUT2D eigenvalue weighted by atomic mass is 10.1. The Balaban J connectivity index is 2.03. The summed E-state index contributed by atoms with van der Waals surface area (Å²) in [7, 11) is 0. The third-order valence-electron chi connectivity index (χ3n) is 3.66. The van der Waals surface area contributed by atoms with E-state index in [9.17, 15) is 9.18 Å². The van der Waals surface area contributed by atoms with Crippen LogP contribution in [0, 0.1) is 26.6 Å². The Morgan fingerprint density at radius 1 is 1.22 bits per heavy atom. The summed E-state index contributed by atoms with van der Waals surface area (Å²) in [5, 5.41) is 3.50. The van der Waals surface area contributed by atoms with Crippen molar-refractivity contribution in [2.45, 2.75) is 38.8 Å². The molecule has 0 aliphatic heterocycles. The van der Waals surface area contributed by atoms with Gasteiger partial charge in [0, 0.05) is 23.5 Å². The molecule has 0 atom stereocenters. The second kappa shape index (κ2) is 7.55. The third-order valence-corrected chi connectivity index (χ3v) is 4.21. The van der Waals surface area contributed by atoms with Crippen molar-refractivity contribution in [2.24, 2.45) is 0 Å². The number of nitrogens with zero attached hydrogens (tertiary/aromatic N) is 2. The Morgan fingerprint density at radius 3 is 2.48 bits per heavy atom. The van der Waals surface area contributed by atoms with Crippen LogP contribution in [0.5, 0.6) is 0 Å². The number of hydrogen-bond acceptors (Lipinski definition) is 4.